The smallest absolute Gasteiger partial charge is 0.306 e. The third kappa shape index (κ3) is 5.85. The first kappa shape index (κ1) is 24.6. The maximum Gasteiger partial charge on any atom is 0.306 e. The van der Waals surface area contributed by atoms with Crippen LogP contribution in [0.4, 0.5) is 0 Å². The molecule has 3 fully saturated rings. The van der Waals surface area contributed by atoms with Crippen molar-refractivity contribution in [3.63, 3.8) is 0 Å². The van der Waals surface area contributed by atoms with Crippen LogP contribution in [0.1, 0.15) is 77.7 Å². The number of rotatable bonds is 6. The molecule has 1 aliphatic heterocycles. The van der Waals surface area contributed by atoms with Crippen LogP contribution in [0.2, 0.25) is 0 Å². The molecule has 0 radical (unpaired) electrons. The minimum Gasteiger partial charge on any atom is -0.490 e. The summed E-state index contributed by atoms with van der Waals surface area (Å²) < 4.78 is 6.39. The lowest BCUT2D eigenvalue weighted by atomic mass is 9.72. The standard InChI is InChI=1S/C31H43NO3/c1-31(2,3)27-11-14-28(15-12-27)35-29-13-10-24-16-21(4-5-25(24)17-29)18-32-19-26(20-32)22-6-8-23(9-7-22)30(33)34/h4-5,10,13,16-17,22-23,26-28H,6-9,11-12,14-15,18-20H2,1-3H3,(H,33,34)/t22?,23?,27-,28-. The molecule has 35 heavy (non-hydrogen) atoms. The number of nitrogens with zero attached hydrogens (tertiary/aromatic N) is 1. The molecule has 190 valence electrons. The van der Waals surface area contributed by atoms with Gasteiger partial charge in [0.05, 0.1) is 12.0 Å². The molecular weight excluding hydrogens is 434 g/mol. The highest BCUT2D eigenvalue weighted by molar-refractivity contribution is 5.84. The number of likely N-dealkylation sites (tertiary alicyclic amines) is 1. The number of ether oxygens (including phenoxy) is 1. The topological polar surface area (TPSA) is 49.8 Å². The SMILES string of the molecule is CC(C)(C)[C@H]1CC[C@H](Oc2ccc3cc(CN4CC(C5CCC(C(=O)O)CC5)C4)ccc3c2)CC1. The Kier molecular flexibility index (Phi) is 7.12. The molecule has 0 amide bonds. The lowest BCUT2D eigenvalue weighted by Crippen LogP contribution is -2.50. The molecule has 1 saturated heterocycles. The summed E-state index contributed by atoms with van der Waals surface area (Å²) in [5, 5.41) is 11.8. The molecule has 4 heteroatoms. The molecule has 1 heterocycles. The van der Waals surface area contributed by atoms with E-state index in [0.29, 0.717) is 11.5 Å². The molecule has 5 rings (SSSR count). The average molecular weight is 478 g/mol. The molecule has 0 aromatic heterocycles. The molecular formula is C31H43NO3. The number of carboxylic acid groups (broad SMARTS) is 1. The van der Waals surface area contributed by atoms with Crippen LogP contribution in [0.5, 0.6) is 5.75 Å². The fourth-order valence-corrected chi connectivity index (χ4v) is 6.82. The zero-order valence-electron chi connectivity index (χ0n) is 21.8. The van der Waals surface area contributed by atoms with Crippen molar-refractivity contribution in [1.82, 2.24) is 4.90 Å². The molecule has 0 spiro atoms. The van der Waals surface area contributed by atoms with Gasteiger partial charge in [0.1, 0.15) is 5.75 Å². The largest absolute Gasteiger partial charge is 0.490 e. The molecule has 1 N–H and O–H groups in total. The van der Waals surface area contributed by atoms with Gasteiger partial charge in [-0.15, -0.1) is 0 Å². The second kappa shape index (κ2) is 10.1. The molecule has 4 nitrogen and oxygen atoms in total. The molecule has 2 saturated carbocycles. The average Bonchev–Trinajstić information content (AvgIpc) is 2.81. The predicted octanol–water partition coefficient (Wildman–Crippen LogP) is 7.15. The van der Waals surface area contributed by atoms with Gasteiger partial charge in [-0.25, -0.2) is 0 Å². The van der Waals surface area contributed by atoms with Crippen LogP contribution in [0, 0.1) is 29.1 Å². The summed E-state index contributed by atoms with van der Waals surface area (Å²) in [5.74, 6) is 2.59. The minimum atomic E-state index is -0.600. The van der Waals surface area contributed by atoms with E-state index < -0.39 is 5.97 Å². The Morgan fingerprint density at radius 2 is 1.54 bits per heavy atom. The van der Waals surface area contributed by atoms with Crippen LogP contribution in [-0.2, 0) is 11.3 Å². The number of aliphatic carboxylic acids is 1. The maximum absolute atomic E-state index is 11.2. The Morgan fingerprint density at radius 3 is 2.20 bits per heavy atom. The lowest BCUT2D eigenvalue weighted by molar-refractivity contribution is -0.143. The van der Waals surface area contributed by atoms with Crippen LogP contribution < -0.4 is 4.74 Å². The van der Waals surface area contributed by atoms with Gasteiger partial charge in [-0.05, 0) is 109 Å². The zero-order chi connectivity index (χ0) is 24.6. The van der Waals surface area contributed by atoms with E-state index in [4.69, 9.17) is 4.74 Å². The van der Waals surface area contributed by atoms with E-state index in [2.05, 4.69) is 62.1 Å². The minimum absolute atomic E-state index is 0.102. The number of carboxylic acids is 1. The van der Waals surface area contributed by atoms with Gasteiger partial charge in [0, 0.05) is 19.6 Å². The summed E-state index contributed by atoms with van der Waals surface area (Å²) in [4.78, 5) is 13.7. The number of carbonyl (C=O) groups is 1. The first-order valence-corrected chi connectivity index (χ1v) is 13.9. The van der Waals surface area contributed by atoms with Crippen molar-refractivity contribution in [2.75, 3.05) is 13.1 Å². The molecule has 0 bridgehead atoms. The predicted molar refractivity (Wildman–Crippen MR) is 142 cm³/mol. The number of hydrogen-bond donors (Lipinski definition) is 1. The van der Waals surface area contributed by atoms with Gasteiger partial charge >= 0.3 is 5.97 Å². The summed E-state index contributed by atoms with van der Waals surface area (Å²) in [6.45, 7) is 10.4. The van der Waals surface area contributed by atoms with E-state index in [9.17, 15) is 9.90 Å². The zero-order valence-corrected chi connectivity index (χ0v) is 21.8. The van der Waals surface area contributed by atoms with Crippen molar-refractivity contribution in [2.45, 2.75) is 84.8 Å². The van der Waals surface area contributed by atoms with Gasteiger partial charge in [-0.3, -0.25) is 9.69 Å². The van der Waals surface area contributed by atoms with Crippen molar-refractivity contribution in [3.05, 3.63) is 42.0 Å². The van der Waals surface area contributed by atoms with E-state index in [1.165, 1.54) is 29.2 Å². The number of benzene rings is 2. The van der Waals surface area contributed by atoms with Gasteiger partial charge in [-0.1, -0.05) is 39.0 Å². The quantitative estimate of drug-likeness (QED) is 0.480. The Labute approximate surface area is 211 Å². The van der Waals surface area contributed by atoms with E-state index in [1.54, 1.807) is 0 Å². The highest BCUT2D eigenvalue weighted by atomic mass is 16.5. The summed E-state index contributed by atoms with van der Waals surface area (Å²) in [5.41, 5.74) is 1.78. The van der Waals surface area contributed by atoms with Crippen molar-refractivity contribution in [2.24, 2.45) is 29.1 Å². The van der Waals surface area contributed by atoms with Crippen LogP contribution in [0.3, 0.4) is 0 Å². The third-order valence-electron chi connectivity index (χ3n) is 9.26. The third-order valence-corrected chi connectivity index (χ3v) is 9.26. The van der Waals surface area contributed by atoms with Crippen molar-refractivity contribution in [1.29, 1.82) is 0 Å². The molecule has 2 aromatic carbocycles. The van der Waals surface area contributed by atoms with Crippen molar-refractivity contribution in [3.8, 4) is 5.75 Å². The second-order valence-electron chi connectivity index (χ2n) is 12.7. The molecule has 2 aromatic rings. The van der Waals surface area contributed by atoms with Gasteiger partial charge in [0.2, 0.25) is 0 Å². The van der Waals surface area contributed by atoms with Crippen LogP contribution in [0.25, 0.3) is 10.8 Å². The van der Waals surface area contributed by atoms with Crippen molar-refractivity contribution < 1.29 is 14.6 Å². The lowest BCUT2D eigenvalue weighted by Gasteiger charge is -2.45. The van der Waals surface area contributed by atoms with Crippen molar-refractivity contribution >= 4 is 16.7 Å². The van der Waals surface area contributed by atoms with Crippen LogP contribution >= 0.6 is 0 Å². The Bertz CT molecular complexity index is 1020. The molecule has 0 atom stereocenters. The van der Waals surface area contributed by atoms with E-state index in [0.717, 1.165) is 81.7 Å². The number of hydrogen-bond acceptors (Lipinski definition) is 3. The van der Waals surface area contributed by atoms with Gasteiger partial charge in [-0.2, -0.15) is 0 Å². The maximum atomic E-state index is 11.2. The fraction of sp³-hybridized carbons (Fsp3) is 0.645. The van der Waals surface area contributed by atoms with Gasteiger partial charge in [0.25, 0.3) is 0 Å². The van der Waals surface area contributed by atoms with E-state index >= 15 is 0 Å². The summed E-state index contributed by atoms with van der Waals surface area (Å²) in [6.07, 6.45) is 9.13. The summed E-state index contributed by atoms with van der Waals surface area (Å²) in [7, 11) is 0. The van der Waals surface area contributed by atoms with Gasteiger partial charge < -0.3 is 9.84 Å². The fourth-order valence-electron chi connectivity index (χ4n) is 6.82. The Balaban J connectivity index is 1.10. The monoisotopic (exact) mass is 477 g/mol. The molecule has 0 unspecified atom stereocenters. The second-order valence-corrected chi connectivity index (χ2v) is 12.7. The van der Waals surface area contributed by atoms with Gasteiger partial charge in [0.15, 0.2) is 0 Å². The molecule has 2 aliphatic carbocycles. The Hall–Kier alpha value is -2.07. The van der Waals surface area contributed by atoms with Crippen LogP contribution in [-0.4, -0.2) is 35.2 Å². The Morgan fingerprint density at radius 1 is 0.886 bits per heavy atom. The highest BCUT2D eigenvalue weighted by Gasteiger charge is 2.36. The molecule has 3 aliphatic rings. The highest BCUT2D eigenvalue weighted by Crippen LogP contribution is 2.40. The first-order valence-electron chi connectivity index (χ1n) is 13.9. The first-order chi connectivity index (χ1) is 16.7. The van der Waals surface area contributed by atoms with E-state index in [-0.39, 0.29) is 5.92 Å². The summed E-state index contributed by atoms with van der Waals surface area (Å²) >= 11 is 0. The normalized spacial score (nSPS) is 28.5. The van der Waals surface area contributed by atoms with Crippen LogP contribution in [0.15, 0.2) is 36.4 Å². The summed E-state index contributed by atoms with van der Waals surface area (Å²) in [6, 6.07) is 13.4. The number of fused-ring (bicyclic) bond motifs is 1. The van der Waals surface area contributed by atoms with E-state index in [1.807, 2.05) is 0 Å².